The molecule has 19 heavy (non-hydrogen) atoms. The number of hydrogen-bond donors (Lipinski definition) is 1. The zero-order chi connectivity index (χ0) is 14.0. The van der Waals surface area contributed by atoms with Gasteiger partial charge in [-0.1, -0.05) is 11.6 Å². The zero-order valence-corrected chi connectivity index (χ0v) is 13.1. The van der Waals surface area contributed by atoms with E-state index in [9.17, 15) is 8.42 Å². The van der Waals surface area contributed by atoms with Crippen molar-refractivity contribution in [2.45, 2.75) is 24.4 Å². The highest BCUT2D eigenvalue weighted by atomic mass is 35.5. The van der Waals surface area contributed by atoms with Gasteiger partial charge in [0, 0.05) is 35.7 Å². The van der Waals surface area contributed by atoms with E-state index < -0.39 is 10.0 Å². The Morgan fingerprint density at radius 3 is 2.84 bits per heavy atom. The van der Waals surface area contributed by atoms with Crippen LogP contribution < -0.4 is 5.14 Å². The van der Waals surface area contributed by atoms with E-state index in [1.807, 2.05) is 11.8 Å². The Hall–Kier alpha value is -0.270. The van der Waals surface area contributed by atoms with Gasteiger partial charge in [0.15, 0.2) is 0 Å². The summed E-state index contributed by atoms with van der Waals surface area (Å²) < 4.78 is 22.8. The molecule has 1 aromatic carbocycles. The average Bonchev–Trinajstić information content (AvgIpc) is 2.30. The molecule has 0 spiro atoms. The lowest BCUT2D eigenvalue weighted by molar-refractivity contribution is 0.224. The molecular formula is C12H17ClN2O2S2. The van der Waals surface area contributed by atoms with Gasteiger partial charge >= 0.3 is 0 Å². The summed E-state index contributed by atoms with van der Waals surface area (Å²) in [5.41, 5.74) is 0.885. The zero-order valence-electron chi connectivity index (χ0n) is 10.7. The van der Waals surface area contributed by atoms with Crippen molar-refractivity contribution in [3.63, 3.8) is 0 Å². The predicted octanol–water partition coefficient (Wildman–Crippen LogP) is 1.92. The molecule has 0 amide bonds. The van der Waals surface area contributed by atoms with E-state index in [0.29, 0.717) is 17.6 Å². The number of primary sulfonamides is 1. The average molecular weight is 321 g/mol. The minimum Gasteiger partial charge on any atom is -0.295 e. The standard InChI is InChI=1S/C12H17ClN2O2S2/c1-9-8-18-3-2-15(9)7-10-4-11(13)6-12(5-10)19(14,16)17/h4-6,9H,2-3,7-8H2,1H3,(H2,14,16,17). The van der Waals surface area contributed by atoms with Crippen LogP contribution in [-0.2, 0) is 16.6 Å². The van der Waals surface area contributed by atoms with Gasteiger partial charge in [-0.15, -0.1) is 0 Å². The van der Waals surface area contributed by atoms with Gasteiger partial charge in [0.05, 0.1) is 4.90 Å². The summed E-state index contributed by atoms with van der Waals surface area (Å²) in [5.74, 6) is 2.20. The number of nitrogens with two attached hydrogens (primary N) is 1. The van der Waals surface area contributed by atoms with Crippen LogP contribution in [0.3, 0.4) is 0 Å². The first-order chi connectivity index (χ1) is 8.86. The maximum absolute atomic E-state index is 11.4. The molecule has 1 aliphatic rings. The van der Waals surface area contributed by atoms with Gasteiger partial charge < -0.3 is 0 Å². The number of thioether (sulfide) groups is 1. The first kappa shape index (κ1) is 15.1. The van der Waals surface area contributed by atoms with Crippen LogP contribution in [0.1, 0.15) is 12.5 Å². The van der Waals surface area contributed by atoms with Crippen molar-refractivity contribution in [3.8, 4) is 0 Å². The van der Waals surface area contributed by atoms with Gasteiger partial charge in [-0.3, -0.25) is 4.90 Å². The minimum absolute atomic E-state index is 0.0778. The fourth-order valence-corrected chi connectivity index (χ4v) is 4.12. The molecule has 0 saturated carbocycles. The van der Waals surface area contributed by atoms with Crippen LogP contribution in [0.5, 0.6) is 0 Å². The molecule has 1 heterocycles. The van der Waals surface area contributed by atoms with Crippen molar-refractivity contribution >= 4 is 33.4 Å². The summed E-state index contributed by atoms with van der Waals surface area (Å²) in [6.45, 7) is 3.88. The van der Waals surface area contributed by atoms with Crippen LogP contribution in [0.4, 0.5) is 0 Å². The molecule has 0 radical (unpaired) electrons. The van der Waals surface area contributed by atoms with Crippen molar-refractivity contribution in [3.05, 3.63) is 28.8 Å². The normalized spacial score (nSPS) is 21.5. The van der Waals surface area contributed by atoms with E-state index in [2.05, 4.69) is 11.8 Å². The third-order valence-corrected chi connectivity index (χ3v) is 5.45. The SMILES string of the molecule is CC1CSCCN1Cc1cc(Cl)cc(S(N)(=O)=O)c1. The molecule has 0 bridgehead atoms. The molecule has 0 aromatic heterocycles. The van der Waals surface area contributed by atoms with Gasteiger partial charge in [-0.05, 0) is 30.7 Å². The van der Waals surface area contributed by atoms with E-state index >= 15 is 0 Å². The highest BCUT2D eigenvalue weighted by molar-refractivity contribution is 7.99. The molecule has 1 saturated heterocycles. The molecule has 4 nitrogen and oxygen atoms in total. The van der Waals surface area contributed by atoms with Gasteiger partial charge in [0.1, 0.15) is 0 Å². The molecular weight excluding hydrogens is 304 g/mol. The van der Waals surface area contributed by atoms with Crippen molar-refractivity contribution in [1.82, 2.24) is 4.90 Å². The number of hydrogen-bond acceptors (Lipinski definition) is 4. The Bertz CT molecular complexity index is 563. The molecule has 7 heteroatoms. The number of sulfonamides is 1. The molecule has 1 atom stereocenters. The smallest absolute Gasteiger partial charge is 0.238 e. The fraction of sp³-hybridized carbons (Fsp3) is 0.500. The van der Waals surface area contributed by atoms with Crippen LogP contribution in [0.25, 0.3) is 0 Å². The van der Waals surface area contributed by atoms with Crippen molar-refractivity contribution in [2.24, 2.45) is 5.14 Å². The molecule has 2 N–H and O–H groups in total. The maximum atomic E-state index is 11.4. The lowest BCUT2D eigenvalue weighted by Gasteiger charge is -2.33. The van der Waals surface area contributed by atoms with Crippen molar-refractivity contribution in [2.75, 3.05) is 18.1 Å². The Labute approximate surface area is 123 Å². The Morgan fingerprint density at radius 2 is 2.21 bits per heavy atom. The second-order valence-corrected chi connectivity index (χ2v) is 7.88. The largest absolute Gasteiger partial charge is 0.295 e. The summed E-state index contributed by atoms with van der Waals surface area (Å²) in [6.07, 6.45) is 0. The lowest BCUT2D eigenvalue weighted by atomic mass is 10.2. The van der Waals surface area contributed by atoms with Crippen LogP contribution >= 0.6 is 23.4 Å². The summed E-state index contributed by atoms with van der Waals surface area (Å²) in [5, 5.41) is 5.55. The van der Waals surface area contributed by atoms with Crippen LogP contribution in [0.2, 0.25) is 5.02 Å². The highest BCUT2D eigenvalue weighted by Crippen LogP contribution is 2.22. The molecule has 0 aliphatic carbocycles. The summed E-state index contributed by atoms with van der Waals surface area (Å²) in [6, 6.07) is 5.27. The molecule has 1 fully saturated rings. The summed E-state index contributed by atoms with van der Waals surface area (Å²) in [4.78, 5) is 2.41. The van der Waals surface area contributed by atoms with Crippen LogP contribution in [-0.4, -0.2) is 37.4 Å². The topological polar surface area (TPSA) is 63.4 Å². The van der Waals surface area contributed by atoms with Gasteiger partial charge in [0.2, 0.25) is 10.0 Å². The van der Waals surface area contributed by atoms with E-state index in [1.165, 1.54) is 6.07 Å². The van der Waals surface area contributed by atoms with E-state index in [-0.39, 0.29) is 4.90 Å². The Balaban J connectivity index is 2.23. The third-order valence-electron chi connectivity index (χ3n) is 3.15. The first-order valence-corrected chi connectivity index (χ1v) is 9.08. The lowest BCUT2D eigenvalue weighted by Crippen LogP contribution is -2.39. The van der Waals surface area contributed by atoms with Crippen molar-refractivity contribution in [1.29, 1.82) is 0 Å². The van der Waals surface area contributed by atoms with E-state index in [1.54, 1.807) is 12.1 Å². The highest BCUT2D eigenvalue weighted by Gasteiger charge is 2.19. The fourth-order valence-electron chi connectivity index (χ4n) is 2.11. The van der Waals surface area contributed by atoms with Crippen LogP contribution in [0, 0.1) is 0 Å². The van der Waals surface area contributed by atoms with Gasteiger partial charge in [-0.2, -0.15) is 11.8 Å². The quantitative estimate of drug-likeness (QED) is 0.924. The predicted molar refractivity (Wildman–Crippen MR) is 80.0 cm³/mol. The summed E-state index contributed by atoms with van der Waals surface area (Å²) in [7, 11) is -3.71. The molecule has 1 unspecified atom stereocenters. The first-order valence-electron chi connectivity index (χ1n) is 6.00. The Kier molecular flexibility index (Phi) is 4.79. The number of benzene rings is 1. The molecule has 2 rings (SSSR count). The Morgan fingerprint density at radius 1 is 1.47 bits per heavy atom. The second kappa shape index (κ2) is 6.01. The maximum Gasteiger partial charge on any atom is 0.238 e. The van der Waals surface area contributed by atoms with Crippen LogP contribution in [0.15, 0.2) is 23.1 Å². The number of halogens is 1. The minimum atomic E-state index is -3.71. The van der Waals surface area contributed by atoms with E-state index in [4.69, 9.17) is 16.7 Å². The number of nitrogens with zero attached hydrogens (tertiary/aromatic N) is 1. The van der Waals surface area contributed by atoms with Gasteiger partial charge in [0.25, 0.3) is 0 Å². The number of rotatable bonds is 3. The monoisotopic (exact) mass is 320 g/mol. The molecule has 106 valence electrons. The van der Waals surface area contributed by atoms with E-state index in [0.717, 1.165) is 23.6 Å². The second-order valence-electron chi connectivity index (χ2n) is 4.73. The molecule has 1 aromatic rings. The molecule has 1 aliphatic heterocycles. The summed E-state index contributed by atoms with van der Waals surface area (Å²) >= 11 is 7.91. The van der Waals surface area contributed by atoms with Crippen molar-refractivity contribution < 1.29 is 8.42 Å². The third kappa shape index (κ3) is 4.10. The van der Waals surface area contributed by atoms with Gasteiger partial charge in [-0.25, -0.2) is 13.6 Å².